The molecule has 2 aromatic rings. The Bertz CT molecular complexity index is 564. The van der Waals surface area contributed by atoms with Crippen molar-refractivity contribution in [3.05, 3.63) is 69.2 Å². The fraction of sp³-hybridized carbons (Fsp3) is 0.235. The summed E-state index contributed by atoms with van der Waals surface area (Å²) in [5.74, 6) is 0.257. The molecule has 0 bridgehead atoms. The molecule has 2 rings (SSSR count). The zero-order valence-corrected chi connectivity index (χ0v) is 12.8. The first-order chi connectivity index (χ1) is 9.02. The molecule has 2 aromatic carbocycles. The molecule has 98 valence electrons. The van der Waals surface area contributed by atoms with Crippen LogP contribution in [0.4, 0.5) is 0 Å². The Labute approximate surface area is 122 Å². The summed E-state index contributed by atoms with van der Waals surface area (Å²) in [4.78, 5) is 12.1. The molecule has 1 nitrogen and oxygen atoms in total. The van der Waals surface area contributed by atoms with Crippen LogP contribution in [0.3, 0.4) is 0 Å². The van der Waals surface area contributed by atoms with E-state index in [1.807, 2.05) is 24.3 Å². The summed E-state index contributed by atoms with van der Waals surface area (Å²) < 4.78 is 1.04. The lowest BCUT2D eigenvalue weighted by Gasteiger charge is -2.05. The predicted molar refractivity (Wildman–Crippen MR) is 82.5 cm³/mol. The van der Waals surface area contributed by atoms with E-state index < -0.39 is 0 Å². The quantitative estimate of drug-likeness (QED) is 0.816. The van der Waals surface area contributed by atoms with Crippen molar-refractivity contribution in [3.63, 3.8) is 0 Å². The molecule has 0 unspecified atom stereocenters. The maximum atomic E-state index is 12.1. The van der Waals surface area contributed by atoms with Crippen LogP contribution in [0.2, 0.25) is 0 Å². The normalized spacial score (nSPS) is 10.5. The first kappa shape index (κ1) is 14.0. The third-order valence-corrected chi connectivity index (χ3v) is 3.53. The van der Waals surface area contributed by atoms with Crippen molar-refractivity contribution >= 4 is 21.7 Å². The number of carbonyl (C=O) groups is 1. The molecule has 0 aliphatic rings. The lowest BCUT2D eigenvalue weighted by Crippen LogP contribution is -2.06. The van der Waals surface area contributed by atoms with Gasteiger partial charge in [-0.1, -0.05) is 57.4 Å². The summed E-state index contributed by atoms with van der Waals surface area (Å²) in [6.45, 7) is 4.13. The molecule has 2 heteroatoms. The summed E-state index contributed by atoms with van der Waals surface area (Å²) in [6.07, 6.45) is 1.01. The van der Waals surface area contributed by atoms with Gasteiger partial charge >= 0.3 is 0 Å². The Morgan fingerprint density at radius 2 is 1.42 bits per heavy atom. The summed E-state index contributed by atoms with van der Waals surface area (Å²) in [5.41, 5.74) is 4.61. The summed E-state index contributed by atoms with van der Waals surface area (Å²) in [6, 6.07) is 14.2. The molecule has 0 amide bonds. The maximum absolute atomic E-state index is 12.1. The highest BCUT2D eigenvalue weighted by Gasteiger charge is 2.06. The Morgan fingerprint density at radius 3 is 2.00 bits per heavy atom. The highest BCUT2D eigenvalue weighted by molar-refractivity contribution is 9.10. The molecule has 0 heterocycles. The summed E-state index contributed by atoms with van der Waals surface area (Å²) in [5, 5.41) is 0. The van der Waals surface area contributed by atoms with Crippen molar-refractivity contribution in [2.75, 3.05) is 0 Å². The van der Waals surface area contributed by atoms with Crippen molar-refractivity contribution in [1.82, 2.24) is 0 Å². The Balaban J connectivity index is 2.03. The summed E-state index contributed by atoms with van der Waals surface area (Å²) >= 11 is 3.40. The van der Waals surface area contributed by atoms with Crippen molar-refractivity contribution in [2.24, 2.45) is 0 Å². The van der Waals surface area contributed by atoms with Crippen LogP contribution in [0.5, 0.6) is 0 Å². The zero-order chi connectivity index (χ0) is 13.8. The second-order valence-corrected chi connectivity index (χ2v) is 5.93. The van der Waals surface area contributed by atoms with Gasteiger partial charge < -0.3 is 0 Å². The Morgan fingerprint density at radius 1 is 0.895 bits per heavy atom. The monoisotopic (exact) mass is 316 g/mol. The van der Waals surface area contributed by atoms with Gasteiger partial charge in [-0.2, -0.15) is 0 Å². The molecule has 19 heavy (non-hydrogen) atoms. The minimum Gasteiger partial charge on any atom is -0.299 e. The summed E-state index contributed by atoms with van der Waals surface area (Å²) in [7, 11) is 0. The first-order valence-electron chi connectivity index (χ1n) is 6.36. The fourth-order valence-electron chi connectivity index (χ4n) is 2.29. The van der Waals surface area contributed by atoms with Crippen LogP contribution in [0.1, 0.15) is 22.3 Å². The number of carbonyl (C=O) groups excluding carboxylic acids is 1. The number of halogens is 1. The topological polar surface area (TPSA) is 17.1 Å². The average Bonchev–Trinajstić information content (AvgIpc) is 2.30. The van der Waals surface area contributed by atoms with Crippen molar-refractivity contribution < 1.29 is 4.79 Å². The predicted octanol–water partition coefficient (Wildman–Crippen LogP) is 4.42. The number of hydrogen-bond acceptors (Lipinski definition) is 1. The van der Waals surface area contributed by atoms with Crippen LogP contribution >= 0.6 is 15.9 Å². The average molecular weight is 317 g/mol. The highest BCUT2D eigenvalue weighted by atomic mass is 79.9. The Hall–Kier alpha value is -1.41. The largest absolute Gasteiger partial charge is 0.299 e. The minimum absolute atomic E-state index is 0.257. The van der Waals surface area contributed by atoms with Gasteiger partial charge in [-0.25, -0.2) is 0 Å². The molecule has 0 spiro atoms. The van der Waals surface area contributed by atoms with E-state index in [4.69, 9.17) is 0 Å². The van der Waals surface area contributed by atoms with Crippen LogP contribution in [0.15, 0.2) is 46.9 Å². The molecule has 0 saturated carbocycles. The molecular formula is C17H17BrO. The molecule has 0 radical (unpaired) electrons. The molecule has 0 aromatic heterocycles. The van der Waals surface area contributed by atoms with E-state index in [-0.39, 0.29) is 5.78 Å². The van der Waals surface area contributed by atoms with Crippen molar-refractivity contribution in [2.45, 2.75) is 26.7 Å². The third-order valence-electron chi connectivity index (χ3n) is 3.00. The molecule has 0 saturated heterocycles. The van der Waals surface area contributed by atoms with E-state index in [0.29, 0.717) is 12.8 Å². The van der Waals surface area contributed by atoms with Crippen LogP contribution in [0.25, 0.3) is 0 Å². The van der Waals surface area contributed by atoms with E-state index in [1.54, 1.807) is 0 Å². The highest BCUT2D eigenvalue weighted by Crippen LogP contribution is 2.13. The number of ketones is 1. The lowest BCUT2D eigenvalue weighted by molar-refractivity contribution is -0.117. The zero-order valence-electron chi connectivity index (χ0n) is 11.2. The maximum Gasteiger partial charge on any atom is 0.141 e. The number of benzene rings is 2. The van der Waals surface area contributed by atoms with Gasteiger partial charge in [0.2, 0.25) is 0 Å². The minimum atomic E-state index is 0.257. The number of rotatable bonds is 4. The Kier molecular flexibility index (Phi) is 4.54. The molecule has 0 atom stereocenters. The van der Waals surface area contributed by atoms with Crippen LogP contribution in [0, 0.1) is 13.8 Å². The fourth-order valence-corrected chi connectivity index (χ4v) is 2.56. The standard InChI is InChI=1S/C17H17BrO/c1-12-7-13(2)9-15(8-12)11-17(19)10-14-3-5-16(18)6-4-14/h3-9H,10-11H2,1-2H3. The molecule has 0 fully saturated rings. The van der Waals surface area contributed by atoms with Gasteiger partial charge in [-0.15, -0.1) is 0 Å². The molecule has 0 aliphatic carbocycles. The van der Waals surface area contributed by atoms with Gasteiger partial charge in [0.15, 0.2) is 0 Å². The number of aryl methyl sites for hydroxylation is 2. The van der Waals surface area contributed by atoms with Crippen LogP contribution in [-0.2, 0) is 17.6 Å². The molecule has 0 aliphatic heterocycles. The van der Waals surface area contributed by atoms with E-state index >= 15 is 0 Å². The smallest absolute Gasteiger partial charge is 0.141 e. The van der Waals surface area contributed by atoms with Gasteiger partial charge in [-0.3, -0.25) is 4.79 Å². The van der Waals surface area contributed by atoms with Crippen molar-refractivity contribution in [3.8, 4) is 0 Å². The molecule has 0 N–H and O–H groups in total. The lowest BCUT2D eigenvalue weighted by atomic mass is 10.00. The van der Waals surface area contributed by atoms with Gasteiger partial charge in [0.1, 0.15) is 5.78 Å². The van der Waals surface area contributed by atoms with Gasteiger partial charge in [0.25, 0.3) is 0 Å². The van der Waals surface area contributed by atoms with E-state index in [9.17, 15) is 4.79 Å². The third kappa shape index (κ3) is 4.32. The van der Waals surface area contributed by atoms with Crippen molar-refractivity contribution in [1.29, 1.82) is 0 Å². The first-order valence-corrected chi connectivity index (χ1v) is 7.15. The second kappa shape index (κ2) is 6.16. The number of hydrogen-bond donors (Lipinski definition) is 0. The van der Waals surface area contributed by atoms with E-state index in [2.05, 4.69) is 48.0 Å². The van der Waals surface area contributed by atoms with Crippen LogP contribution in [-0.4, -0.2) is 5.78 Å². The van der Waals surface area contributed by atoms with Gasteiger partial charge in [0, 0.05) is 17.3 Å². The van der Waals surface area contributed by atoms with Gasteiger partial charge in [0.05, 0.1) is 0 Å². The molecular weight excluding hydrogens is 300 g/mol. The van der Waals surface area contributed by atoms with Crippen LogP contribution < -0.4 is 0 Å². The van der Waals surface area contributed by atoms with E-state index in [0.717, 1.165) is 15.6 Å². The SMILES string of the molecule is Cc1cc(C)cc(CC(=O)Cc2ccc(Br)cc2)c1. The number of Topliss-reactive ketones (excluding diaryl/α,β-unsaturated/α-hetero) is 1. The van der Waals surface area contributed by atoms with E-state index in [1.165, 1.54) is 11.1 Å². The van der Waals surface area contributed by atoms with Gasteiger partial charge in [-0.05, 0) is 37.1 Å². The second-order valence-electron chi connectivity index (χ2n) is 5.01.